The van der Waals surface area contributed by atoms with Gasteiger partial charge in [-0.3, -0.25) is 9.52 Å². The van der Waals surface area contributed by atoms with Crippen LogP contribution in [0.4, 0.5) is 10.1 Å². The first-order chi connectivity index (χ1) is 11.7. The van der Waals surface area contributed by atoms with Gasteiger partial charge in [0.1, 0.15) is 5.82 Å². The maximum atomic E-state index is 13.9. The molecule has 0 atom stereocenters. The van der Waals surface area contributed by atoms with Crippen molar-refractivity contribution in [1.29, 1.82) is 0 Å². The van der Waals surface area contributed by atoms with Crippen LogP contribution in [0.5, 0.6) is 0 Å². The van der Waals surface area contributed by atoms with E-state index in [-0.39, 0.29) is 27.3 Å². The summed E-state index contributed by atoms with van der Waals surface area (Å²) in [5.74, 6) is -2.26. The third-order valence-electron chi connectivity index (χ3n) is 3.46. The molecule has 0 aliphatic heterocycles. The number of carbonyl (C=O) groups excluding carboxylic acids is 2. The van der Waals surface area contributed by atoms with Gasteiger partial charge in [-0.05, 0) is 43.3 Å². The Balaban J connectivity index is 2.39. The Morgan fingerprint density at radius 2 is 1.72 bits per heavy atom. The summed E-state index contributed by atoms with van der Waals surface area (Å²) in [6.07, 6.45) is 0. The highest BCUT2D eigenvalue weighted by atomic mass is 32.2. The van der Waals surface area contributed by atoms with Gasteiger partial charge in [0.05, 0.1) is 23.3 Å². The fourth-order valence-electron chi connectivity index (χ4n) is 2.02. The Hall–Kier alpha value is -2.94. The number of rotatable bonds is 5. The fraction of sp³-hybridized carbons (Fsp3) is 0.125. The predicted octanol–water partition coefficient (Wildman–Crippen LogP) is 1.82. The maximum absolute atomic E-state index is 13.9. The molecule has 0 unspecified atom stereocenters. The molecule has 0 radical (unpaired) electrons. The molecule has 132 valence electrons. The number of sulfonamides is 1. The minimum Gasteiger partial charge on any atom is -0.465 e. The smallest absolute Gasteiger partial charge is 0.337 e. The minimum absolute atomic E-state index is 0.0137. The lowest BCUT2D eigenvalue weighted by molar-refractivity contribution is 0.0600. The number of hydrogen-bond donors (Lipinski definition) is 2. The standard InChI is InChI=1S/C16H15FN2O5S/c1-9-13(17)7-11(15(18)20)8-14(9)19-25(22,23)12-5-3-10(4-6-12)16(21)24-2/h3-8,19H,1-2H3,(H2,18,20). The molecule has 0 aromatic heterocycles. The highest BCUT2D eigenvalue weighted by Gasteiger charge is 2.19. The van der Waals surface area contributed by atoms with Crippen LogP contribution in [0.25, 0.3) is 0 Å². The Labute approximate surface area is 143 Å². The molecule has 3 N–H and O–H groups in total. The number of amides is 1. The van der Waals surface area contributed by atoms with E-state index in [9.17, 15) is 22.4 Å². The third-order valence-corrected chi connectivity index (χ3v) is 4.84. The fourth-order valence-corrected chi connectivity index (χ4v) is 3.13. The topological polar surface area (TPSA) is 116 Å². The van der Waals surface area contributed by atoms with E-state index in [0.29, 0.717) is 0 Å². The molecule has 1 amide bonds. The van der Waals surface area contributed by atoms with Crippen molar-refractivity contribution in [3.05, 3.63) is 58.9 Å². The number of methoxy groups -OCH3 is 1. The highest BCUT2D eigenvalue weighted by Crippen LogP contribution is 2.24. The average Bonchev–Trinajstić information content (AvgIpc) is 2.57. The lowest BCUT2D eigenvalue weighted by atomic mass is 10.1. The summed E-state index contributed by atoms with van der Waals surface area (Å²) < 4.78 is 45.5. The molecular formula is C16H15FN2O5S. The van der Waals surface area contributed by atoms with Crippen LogP contribution in [0, 0.1) is 12.7 Å². The number of halogens is 1. The van der Waals surface area contributed by atoms with E-state index < -0.39 is 27.7 Å². The third kappa shape index (κ3) is 3.94. The lowest BCUT2D eigenvalue weighted by Gasteiger charge is -2.12. The van der Waals surface area contributed by atoms with Gasteiger partial charge in [0.2, 0.25) is 5.91 Å². The van der Waals surface area contributed by atoms with E-state index in [0.717, 1.165) is 12.1 Å². The van der Waals surface area contributed by atoms with E-state index in [4.69, 9.17) is 5.73 Å². The van der Waals surface area contributed by atoms with Gasteiger partial charge >= 0.3 is 5.97 Å². The van der Waals surface area contributed by atoms with Gasteiger partial charge in [0, 0.05) is 11.1 Å². The van der Waals surface area contributed by atoms with E-state index in [1.807, 2.05) is 0 Å². The van der Waals surface area contributed by atoms with Crippen LogP contribution < -0.4 is 10.5 Å². The summed E-state index contributed by atoms with van der Waals surface area (Å²) in [5, 5.41) is 0. The van der Waals surface area contributed by atoms with E-state index in [1.165, 1.54) is 38.3 Å². The summed E-state index contributed by atoms with van der Waals surface area (Å²) in [5.41, 5.74) is 5.03. The minimum atomic E-state index is -4.07. The number of hydrogen-bond acceptors (Lipinski definition) is 5. The number of nitrogens with one attached hydrogen (secondary N) is 1. The molecule has 25 heavy (non-hydrogen) atoms. The van der Waals surface area contributed by atoms with Crippen molar-refractivity contribution in [2.75, 3.05) is 11.8 Å². The number of anilines is 1. The monoisotopic (exact) mass is 366 g/mol. The molecule has 9 heteroatoms. The SMILES string of the molecule is COC(=O)c1ccc(S(=O)(=O)Nc2cc(C(N)=O)cc(F)c2C)cc1. The molecule has 0 aliphatic rings. The largest absolute Gasteiger partial charge is 0.465 e. The van der Waals surface area contributed by atoms with Crippen LogP contribution >= 0.6 is 0 Å². The predicted molar refractivity (Wildman–Crippen MR) is 88.2 cm³/mol. The molecule has 7 nitrogen and oxygen atoms in total. The quantitative estimate of drug-likeness (QED) is 0.783. The van der Waals surface area contributed by atoms with Gasteiger partial charge in [0.25, 0.3) is 10.0 Å². The van der Waals surface area contributed by atoms with E-state index in [1.54, 1.807) is 0 Å². The first-order valence-corrected chi connectivity index (χ1v) is 8.45. The van der Waals surface area contributed by atoms with Gasteiger partial charge in [-0.25, -0.2) is 17.6 Å². The number of nitrogens with two attached hydrogens (primary N) is 1. The second-order valence-corrected chi connectivity index (χ2v) is 6.80. The molecule has 2 aromatic rings. The zero-order valence-electron chi connectivity index (χ0n) is 13.4. The van der Waals surface area contributed by atoms with Crippen LogP contribution in [-0.2, 0) is 14.8 Å². The van der Waals surface area contributed by atoms with Crippen molar-refractivity contribution in [2.45, 2.75) is 11.8 Å². The summed E-state index contributed by atoms with van der Waals surface area (Å²) in [4.78, 5) is 22.4. The Kier molecular flexibility index (Phi) is 5.07. The number of carbonyl (C=O) groups is 2. The molecule has 0 saturated heterocycles. The molecule has 0 heterocycles. The van der Waals surface area contributed by atoms with Crippen molar-refractivity contribution in [3.8, 4) is 0 Å². The summed E-state index contributed by atoms with van der Waals surface area (Å²) in [6, 6.07) is 7.07. The number of primary amides is 1. The van der Waals surface area contributed by atoms with Crippen molar-refractivity contribution < 1.29 is 27.1 Å². The van der Waals surface area contributed by atoms with Gasteiger partial charge in [0.15, 0.2) is 0 Å². The Bertz CT molecular complexity index is 940. The molecule has 0 saturated carbocycles. The Morgan fingerprint density at radius 1 is 1.12 bits per heavy atom. The molecular weight excluding hydrogens is 351 g/mol. The van der Waals surface area contributed by atoms with Crippen molar-refractivity contribution in [2.24, 2.45) is 5.73 Å². The van der Waals surface area contributed by atoms with Gasteiger partial charge in [-0.1, -0.05) is 0 Å². The molecule has 0 spiro atoms. The van der Waals surface area contributed by atoms with Crippen molar-refractivity contribution in [3.63, 3.8) is 0 Å². The zero-order valence-corrected chi connectivity index (χ0v) is 14.2. The van der Waals surface area contributed by atoms with Gasteiger partial charge < -0.3 is 10.5 Å². The average molecular weight is 366 g/mol. The van der Waals surface area contributed by atoms with Crippen LogP contribution in [-0.4, -0.2) is 27.4 Å². The summed E-state index contributed by atoms with van der Waals surface area (Å²) >= 11 is 0. The lowest BCUT2D eigenvalue weighted by Crippen LogP contribution is -2.17. The second kappa shape index (κ2) is 6.89. The number of ether oxygens (including phenoxy) is 1. The van der Waals surface area contributed by atoms with Crippen molar-refractivity contribution in [1.82, 2.24) is 0 Å². The van der Waals surface area contributed by atoms with Crippen molar-refractivity contribution >= 4 is 27.6 Å². The first-order valence-electron chi connectivity index (χ1n) is 6.97. The molecule has 2 rings (SSSR count). The van der Waals surface area contributed by atoms with Gasteiger partial charge in [-0.15, -0.1) is 0 Å². The second-order valence-electron chi connectivity index (χ2n) is 5.12. The normalized spacial score (nSPS) is 11.0. The molecule has 0 aliphatic carbocycles. The van der Waals surface area contributed by atoms with E-state index >= 15 is 0 Å². The zero-order chi connectivity index (χ0) is 18.8. The van der Waals surface area contributed by atoms with Crippen LogP contribution in [0.1, 0.15) is 26.3 Å². The maximum Gasteiger partial charge on any atom is 0.337 e. The van der Waals surface area contributed by atoms with Gasteiger partial charge in [-0.2, -0.15) is 0 Å². The number of benzene rings is 2. The number of esters is 1. The van der Waals surface area contributed by atoms with Crippen LogP contribution in [0.2, 0.25) is 0 Å². The molecule has 2 aromatic carbocycles. The van der Waals surface area contributed by atoms with Crippen LogP contribution in [0.15, 0.2) is 41.3 Å². The molecule has 0 fully saturated rings. The summed E-state index contributed by atoms with van der Waals surface area (Å²) in [7, 11) is -2.86. The van der Waals surface area contributed by atoms with Crippen LogP contribution in [0.3, 0.4) is 0 Å². The first kappa shape index (κ1) is 18.4. The van der Waals surface area contributed by atoms with E-state index in [2.05, 4.69) is 9.46 Å². The Morgan fingerprint density at radius 3 is 2.24 bits per heavy atom. The highest BCUT2D eigenvalue weighted by molar-refractivity contribution is 7.92. The summed E-state index contributed by atoms with van der Waals surface area (Å²) in [6.45, 7) is 1.36. The molecule has 0 bridgehead atoms.